The van der Waals surface area contributed by atoms with Crippen LogP contribution in [0.25, 0.3) is 0 Å². The number of amides is 2. The molecule has 0 fully saturated rings. The zero-order valence-corrected chi connectivity index (χ0v) is 18.0. The Morgan fingerprint density at radius 1 is 1.07 bits per heavy atom. The molecule has 0 aliphatic rings. The number of carbonyl (C=O) groups excluding carboxylic acids is 2. The van der Waals surface area contributed by atoms with Crippen molar-refractivity contribution in [3.63, 3.8) is 0 Å². The van der Waals surface area contributed by atoms with Crippen LogP contribution in [-0.2, 0) is 25.4 Å². The Hall–Kier alpha value is -2.26. The fourth-order valence-corrected chi connectivity index (χ4v) is 4.12. The highest BCUT2D eigenvalue weighted by Gasteiger charge is 2.36. The summed E-state index contributed by atoms with van der Waals surface area (Å²) in [6.07, 6.45) is 0.478. The normalized spacial score (nSPS) is 17.1. The van der Waals surface area contributed by atoms with Crippen LogP contribution in [0, 0.1) is 0 Å². The van der Waals surface area contributed by atoms with Gasteiger partial charge in [-0.2, -0.15) is 0 Å². The molecule has 0 aliphatic carbocycles. The minimum atomic E-state index is -4.18. The maximum atomic E-state index is 12.6. The summed E-state index contributed by atoms with van der Waals surface area (Å²) in [4.78, 5) is 46.1. The zero-order chi connectivity index (χ0) is 22.9. The fourth-order valence-electron chi connectivity index (χ4n) is 2.70. The summed E-state index contributed by atoms with van der Waals surface area (Å²) >= 11 is 0. The number of carboxylic acids is 1. The minimum Gasteiger partial charge on any atom is -0.480 e. The van der Waals surface area contributed by atoms with Gasteiger partial charge in [0.25, 0.3) is 0 Å². The highest BCUT2D eigenvalue weighted by Crippen LogP contribution is 2.45. The molecule has 2 amide bonds. The van der Waals surface area contributed by atoms with E-state index in [9.17, 15) is 28.9 Å². The Bertz CT molecular complexity index is 776. The van der Waals surface area contributed by atoms with Crippen molar-refractivity contribution in [1.82, 2.24) is 10.6 Å². The topological polar surface area (TPSA) is 185 Å². The average molecular weight is 442 g/mol. The fraction of sp³-hybridized carbons (Fsp3) is 0.526. The molecule has 1 aromatic carbocycles. The van der Waals surface area contributed by atoms with Crippen molar-refractivity contribution < 1.29 is 28.9 Å². The van der Waals surface area contributed by atoms with E-state index in [0.29, 0.717) is 12.8 Å². The Balaban J connectivity index is 2.74. The predicted molar refractivity (Wildman–Crippen MR) is 113 cm³/mol. The molecule has 30 heavy (non-hydrogen) atoms. The number of nitrogens with one attached hydrogen (secondary N) is 2. The first-order chi connectivity index (χ1) is 14.0. The standard InChI is InChI=1S/C19H31N4O6P/c1-3-7-14(20)17(24)22-12(2)30(28,29)11-16(19(26)27)23-18(25)15(21)10-13-8-5-4-6-9-13/h4-6,8-9,12,14-16H,3,7,10-11,20-21H2,1-2H3,(H,22,24)(H,23,25)(H,26,27)(H,28,29)/t12?,14-,15-,16?/m0/s1. The molecule has 1 aromatic rings. The maximum absolute atomic E-state index is 12.6. The lowest BCUT2D eigenvalue weighted by Crippen LogP contribution is -2.51. The zero-order valence-electron chi connectivity index (χ0n) is 17.2. The first kappa shape index (κ1) is 25.8. The summed E-state index contributed by atoms with van der Waals surface area (Å²) in [5.41, 5.74) is 12.3. The number of hydrogen-bond donors (Lipinski definition) is 6. The third-order valence-corrected chi connectivity index (χ3v) is 6.81. The quantitative estimate of drug-likeness (QED) is 0.244. The Morgan fingerprint density at radius 2 is 1.63 bits per heavy atom. The third-order valence-electron chi connectivity index (χ3n) is 4.59. The van der Waals surface area contributed by atoms with Gasteiger partial charge in [0.15, 0.2) is 0 Å². The van der Waals surface area contributed by atoms with Crippen LogP contribution in [0.5, 0.6) is 0 Å². The minimum absolute atomic E-state index is 0.178. The van der Waals surface area contributed by atoms with Crippen molar-refractivity contribution in [1.29, 1.82) is 0 Å². The van der Waals surface area contributed by atoms with E-state index in [-0.39, 0.29) is 6.42 Å². The van der Waals surface area contributed by atoms with Gasteiger partial charge in [-0.1, -0.05) is 43.7 Å². The summed E-state index contributed by atoms with van der Waals surface area (Å²) < 4.78 is 12.6. The van der Waals surface area contributed by atoms with Gasteiger partial charge in [-0.3, -0.25) is 14.2 Å². The molecular formula is C19H31N4O6P. The van der Waals surface area contributed by atoms with E-state index in [0.717, 1.165) is 5.56 Å². The van der Waals surface area contributed by atoms with Crippen molar-refractivity contribution in [2.45, 2.75) is 57.0 Å². The van der Waals surface area contributed by atoms with E-state index in [4.69, 9.17) is 11.5 Å². The molecule has 0 saturated heterocycles. The van der Waals surface area contributed by atoms with Crippen molar-refractivity contribution in [2.24, 2.45) is 11.5 Å². The molecule has 168 valence electrons. The lowest BCUT2D eigenvalue weighted by Gasteiger charge is -2.25. The van der Waals surface area contributed by atoms with Crippen LogP contribution in [0.1, 0.15) is 32.3 Å². The van der Waals surface area contributed by atoms with E-state index in [1.807, 2.05) is 13.0 Å². The second kappa shape index (κ2) is 11.8. The molecule has 0 bridgehead atoms. The van der Waals surface area contributed by atoms with Gasteiger partial charge in [0, 0.05) is 0 Å². The highest BCUT2D eigenvalue weighted by molar-refractivity contribution is 7.58. The van der Waals surface area contributed by atoms with Gasteiger partial charge in [0.05, 0.1) is 18.2 Å². The first-order valence-corrected chi connectivity index (χ1v) is 11.6. The summed E-state index contributed by atoms with van der Waals surface area (Å²) in [7, 11) is -4.18. The van der Waals surface area contributed by atoms with E-state index in [2.05, 4.69) is 10.6 Å². The van der Waals surface area contributed by atoms with Gasteiger partial charge in [0.1, 0.15) is 11.8 Å². The van der Waals surface area contributed by atoms with E-state index >= 15 is 0 Å². The molecule has 0 aromatic heterocycles. The maximum Gasteiger partial charge on any atom is 0.326 e. The summed E-state index contributed by atoms with van der Waals surface area (Å²) in [6.45, 7) is 3.13. The lowest BCUT2D eigenvalue weighted by atomic mass is 10.1. The molecule has 0 radical (unpaired) electrons. The van der Waals surface area contributed by atoms with Gasteiger partial charge in [-0.05, 0) is 25.3 Å². The smallest absolute Gasteiger partial charge is 0.326 e. The SMILES string of the molecule is CCC[C@H](N)C(=O)NC(C)P(=O)(O)CC(NC(=O)[C@@H](N)Cc1ccccc1)C(=O)O. The molecule has 8 N–H and O–H groups in total. The van der Waals surface area contributed by atoms with Gasteiger partial charge in [-0.25, -0.2) is 4.79 Å². The first-order valence-electron chi connectivity index (χ1n) is 9.68. The number of carboxylic acid groups (broad SMARTS) is 1. The Kier molecular flexibility index (Phi) is 10.1. The van der Waals surface area contributed by atoms with Crippen LogP contribution in [0.2, 0.25) is 0 Å². The van der Waals surface area contributed by atoms with Crippen molar-refractivity contribution in [3.8, 4) is 0 Å². The van der Waals surface area contributed by atoms with Crippen LogP contribution >= 0.6 is 7.37 Å². The number of benzene rings is 1. The van der Waals surface area contributed by atoms with Gasteiger partial charge in [-0.15, -0.1) is 0 Å². The second-order valence-corrected chi connectivity index (χ2v) is 9.86. The summed E-state index contributed by atoms with van der Waals surface area (Å²) in [6, 6.07) is 5.42. The summed E-state index contributed by atoms with van der Waals surface area (Å²) in [5, 5.41) is 13.9. The molecular weight excluding hydrogens is 411 g/mol. The Labute approximate surface area is 175 Å². The number of rotatable bonds is 12. The highest BCUT2D eigenvalue weighted by atomic mass is 31.2. The molecule has 11 heteroatoms. The number of nitrogens with two attached hydrogens (primary N) is 2. The lowest BCUT2D eigenvalue weighted by molar-refractivity contribution is -0.141. The second-order valence-electron chi connectivity index (χ2n) is 7.21. The van der Waals surface area contributed by atoms with Crippen LogP contribution in [0.15, 0.2) is 30.3 Å². The molecule has 1 rings (SSSR count). The largest absolute Gasteiger partial charge is 0.480 e. The predicted octanol–water partition coefficient (Wildman–Crippen LogP) is -0.0142. The average Bonchev–Trinajstić information content (AvgIpc) is 2.67. The molecule has 0 heterocycles. The van der Waals surface area contributed by atoms with Gasteiger partial charge >= 0.3 is 5.97 Å². The van der Waals surface area contributed by atoms with E-state index in [1.54, 1.807) is 24.3 Å². The van der Waals surface area contributed by atoms with Crippen LogP contribution in [0.3, 0.4) is 0 Å². The molecule has 0 saturated carbocycles. The summed E-state index contributed by atoms with van der Waals surface area (Å²) in [5.74, 6) is -4.07. The van der Waals surface area contributed by atoms with E-state index in [1.165, 1.54) is 6.92 Å². The van der Waals surface area contributed by atoms with Gasteiger partial charge in [0.2, 0.25) is 19.2 Å². The molecule has 0 aliphatic heterocycles. The number of hydrogen-bond acceptors (Lipinski definition) is 6. The molecule has 10 nitrogen and oxygen atoms in total. The molecule has 3 unspecified atom stereocenters. The van der Waals surface area contributed by atoms with E-state index < -0.39 is 55.2 Å². The van der Waals surface area contributed by atoms with Crippen molar-refractivity contribution in [2.75, 3.05) is 6.16 Å². The molecule has 0 spiro atoms. The Morgan fingerprint density at radius 3 is 2.17 bits per heavy atom. The van der Waals surface area contributed by atoms with Crippen molar-refractivity contribution >= 4 is 25.2 Å². The number of aliphatic carboxylic acids is 1. The van der Waals surface area contributed by atoms with Crippen LogP contribution in [-0.4, -0.2) is 57.9 Å². The third kappa shape index (κ3) is 8.23. The van der Waals surface area contributed by atoms with Gasteiger partial charge < -0.3 is 32.1 Å². The van der Waals surface area contributed by atoms with Crippen LogP contribution in [0.4, 0.5) is 0 Å². The van der Waals surface area contributed by atoms with Crippen molar-refractivity contribution in [3.05, 3.63) is 35.9 Å². The number of carbonyl (C=O) groups is 3. The monoisotopic (exact) mass is 442 g/mol. The molecule has 5 atom stereocenters. The van der Waals surface area contributed by atoms with Crippen LogP contribution < -0.4 is 22.1 Å².